The van der Waals surface area contributed by atoms with E-state index in [1.807, 2.05) is 0 Å². The molecule has 3 amide bonds. The van der Waals surface area contributed by atoms with Crippen LogP contribution in [0.1, 0.15) is 57.1 Å². The predicted molar refractivity (Wildman–Crippen MR) is 121 cm³/mol. The number of alkyl halides is 1. The second kappa shape index (κ2) is 20.3. The summed E-state index contributed by atoms with van der Waals surface area (Å²) in [5.41, 5.74) is 0.727. The van der Waals surface area contributed by atoms with Crippen LogP contribution in [0.15, 0.2) is 6.20 Å². The molecule has 0 aromatic carbocycles. The van der Waals surface area contributed by atoms with Gasteiger partial charge in [-0.25, -0.2) is 9.59 Å². The van der Waals surface area contributed by atoms with Gasteiger partial charge in [0, 0.05) is 38.7 Å². The van der Waals surface area contributed by atoms with Gasteiger partial charge in [-0.05, 0) is 44.9 Å². The number of carbonyl (C=O) groups excluding carboxylic acids is 4. The van der Waals surface area contributed by atoms with Crippen LogP contribution in [0.4, 0.5) is 9.18 Å². The summed E-state index contributed by atoms with van der Waals surface area (Å²) in [7, 11) is 0. The summed E-state index contributed by atoms with van der Waals surface area (Å²) in [6.45, 7) is 0.787. The first kappa shape index (κ1) is 33.1. The lowest BCUT2D eigenvalue weighted by atomic mass is 10.1. The number of carboxylic acids is 2. The van der Waals surface area contributed by atoms with Gasteiger partial charge in [0.2, 0.25) is 5.91 Å². The fraction of sp³-hybridized carbons (Fsp3) is 0.667. The van der Waals surface area contributed by atoms with Gasteiger partial charge in [-0.2, -0.15) is 14.7 Å². The molecule has 0 aliphatic rings. The number of hydroxylamine groups is 2. The highest BCUT2D eigenvalue weighted by molar-refractivity contribution is 5.82. The van der Waals surface area contributed by atoms with E-state index in [-0.39, 0.29) is 23.7 Å². The van der Waals surface area contributed by atoms with Crippen molar-refractivity contribution in [1.29, 1.82) is 0 Å². The number of rotatable bonds is 18. The Morgan fingerprint density at radius 1 is 1.03 bits per heavy atom. The fourth-order valence-corrected chi connectivity index (χ4v) is 2.98. The van der Waals surface area contributed by atoms with Gasteiger partial charge in [0.25, 0.3) is 0 Å². The maximum Gasteiger partial charge on any atom is 0.373 e. The zero-order chi connectivity index (χ0) is 28.1. The minimum atomic E-state index is -1.65. The zero-order valence-corrected chi connectivity index (χ0v) is 20.3. The van der Waals surface area contributed by atoms with E-state index in [1.165, 1.54) is 0 Å². The molecular formula is C21H33FN6O9. The molecular weight excluding hydrogens is 499 g/mol. The molecule has 0 aliphatic heterocycles. The third-order valence-electron chi connectivity index (χ3n) is 4.82. The van der Waals surface area contributed by atoms with Crippen LogP contribution < -0.4 is 10.6 Å². The Labute approximate surface area is 211 Å². The smallest absolute Gasteiger partial charge is 0.373 e. The number of urea groups is 1. The highest BCUT2D eigenvalue weighted by Gasteiger charge is 2.29. The topological polar surface area (TPSA) is 221 Å². The van der Waals surface area contributed by atoms with Crippen molar-refractivity contribution in [3.63, 3.8) is 0 Å². The maximum atomic E-state index is 12.2. The Kier molecular flexibility index (Phi) is 18.2. The van der Waals surface area contributed by atoms with Crippen LogP contribution in [0.25, 0.3) is 0 Å². The number of hydrogen-bond acceptors (Lipinski definition) is 9. The second-order valence-electron chi connectivity index (χ2n) is 7.73. The summed E-state index contributed by atoms with van der Waals surface area (Å²) in [5.74, 6) is -2.83. The number of aryl methyl sites for hydroxylation is 2. The Balaban J connectivity index is 0.00000410. The Bertz CT molecular complexity index is 876. The Morgan fingerprint density at radius 2 is 1.68 bits per heavy atom. The average molecular weight is 533 g/mol. The second-order valence-corrected chi connectivity index (χ2v) is 7.73. The van der Waals surface area contributed by atoms with E-state index < -0.39 is 43.5 Å². The molecule has 0 saturated heterocycles. The van der Waals surface area contributed by atoms with E-state index in [0.29, 0.717) is 58.0 Å². The highest BCUT2D eigenvalue weighted by atomic mass is 19.1. The van der Waals surface area contributed by atoms with E-state index in [9.17, 15) is 28.8 Å². The summed E-state index contributed by atoms with van der Waals surface area (Å²) < 4.78 is 13.8. The SMILES string of the molecule is O=C(O)CC[C@@H](C(=O)O)N(O)C(=O)NCCCCCNC(=O)CCCn1cc(CCCF)nn1.O=C=O. The summed E-state index contributed by atoms with van der Waals surface area (Å²) >= 11 is 0. The minimum Gasteiger partial charge on any atom is -0.481 e. The van der Waals surface area contributed by atoms with Crippen molar-refractivity contribution in [2.75, 3.05) is 19.8 Å². The Hall–Kier alpha value is -3.91. The van der Waals surface area contributed by atoms with Crippen molar-refractivity contribution in [2.45, 2.75) is 70.4 Å². The van der Waals surface area contributed by atoms with Gasteiger partial charge in [-0.15, -0.1) is 5.10 Å². The number of nitrogens with one attached hydrogen (secondary N) is 2. The summed E-state index contributed by atoms with van der Waals surface area (Å²) in [6, 6.07) is -2.67. The standard InChI is InChI=1S/C20H33FN6O7.CO2/c21-10-4-6-15-14-26(25-24-15)13-5-7-17(28)22-11-2-1-3-12-23-20(33)27(34)16(19(31)32)8-9-18(29)30;2-1-3/h14,16,34H,1-13H2,(H,22,28)(H,23,33)(H,29,30)(H,31,32);/t16-;/m0./s1. The maximum absolute atomic E-state index is 12.2. The van der Waals surface area contributed by atoms with Gasteiger partial charge in [-0.1, -0.05) is 5.21 Å². The molecule has 0 aliphatic carbocycles. The predicted octanol–water partition coefficient (Wildman–Crippen LogP) is 0.382. The van der Waals surface area contributed by atoms with Gasteiger partial charge in [-0.3, -0.25) is 23.9 Å². The fourth-order valence-electron chi connectivity index (χ4n) is 2.98. The number of hydrogen-bond donors (Lipinski definition) is 5. The average Bonchev–Trinajstić information content (AvgIpc) is 3.29. The molecule has 5 N–H and O–H groups in total. The van der Waals surface area contributed by atoms with Crippen LogP contribution in [-0.2, 0) is 36.9 Å². The Morgan fingerprint density at radius 3 is 2.27 bits per heavy atom. The van der Waals surface area contributed by atoms with Crippen molar-refractivity contribution < 1.29 is 48.6 Å². The van der Waals surface area contributed by atoms with Crippen LogP contribution in [0.2, 0.25) is 0 Å². The number of unbranched alkanes of at least 4 members (excludes halogenated alkanes) is 2. The lowest BCUT2D eigenvalue weighted by molar-refractivity contribution is -0.191. The molecule has 0 fully saturated rings. The van der Waals surface area contributed by atoms with Gasteiger partial charge in [0.05, 0.1) is 12.4 Å². The number of nitrogens with zero attached hydrogens (tertiary/aromatic N) is 4. The normalized spacial score (nSPS) is 10.9. The van der Waals surface area contributed by atoms with Crippen molar-refractivity contribution in [3.05, 3.63) is 11.9 Å². The minimum absolute atomic E-state index is 0.00427. The monoisotopic (exact) mass is 532 g/mol. The molecule has 1 atom stereocenters. The summed E-state index contributed by atoms with van der Waals surface area (Å²) in [5, 5.41) is 40.4. The van der Waals surface area contributed by atoms with Crippen molar-refractivity contribution >= 4 is 30.0 Å². The first-order valence-corrected chi connectivity index (χ1v) is 11.6. The zero-order valence-electron chi connectivity index (χ0n) is 20.3. The van der Waals surface area contributed by atoms with Crippen molar-refractivity contribution in [3.8, 4) is 0 Å². The molecule has 37 heavy (non-hydrogen) atoms. The van der Waals surface area contributed by atoms with E-state index in [2.05, 4.69) is 20.9 Å². The van der Waals surface area contributed by atoms with Crippen LogP contribution >= 0.6 is 0 Å². The van der Waals surface area contributed by atoms with Gasteiger partial charge < -0.3 is 20.8 Å². The third-order valence-corrected chi connectivity index (χ3v) is 4.82. The molecule has 16 heteroatoms. The van der Waals surface area contributed by atoms with Crippen molar-refractivity contribution in [1.82, 2.24) is 30.7 Å². The van der Waals surface area contributed by atoms with Gasteiger partial charge in [0.1, 0.15) is 0 Å². The molecule has 0 saturated carbocycles. The van der Waals surface area contributed by atoms with Crippen LogP contribution in [0, 0.1) is 0 Å². The molecule has 208 valence electrons. The molecule has 1 aromatic heterocycles. The third kappa shape index (κ3) is 16.4. The molecule has 15 nitrogen and oxygen atoms in total. The molecule has 1 rings (SSSR count). The number of amides is 3. The van der Waals surface area contributed by atoms with Crippen LogP contribution in [0.3, 0.4) is 0 Å². The largest absolute Gasteiger partial charge is 0.481 e. The lowest BCUT2D eigenvalue weighted by Gasteiger charge is -2.22. The molecule has 0 radical (unpaired) electrons. The quantitative estimate of drug-likeness (QED) is 0.0987. The van der Waals surface area contributed by atoms with E-state index in [0.717, 1.165) is 5.69 Å². The lowest BCUT2D eigenvalue weighted by Crippen LogP contribution is -2.48. The number of aromatic nitrogens is 3. The number of carbonyl (C=O) groups is 4. The first-order chi connectivity index (χ1) is 17.7. The van der Waals surface area contributed by atoms with E-state index in [4.69, 9.17) is 19.8 Å². The molecule has 1 heterocycles. The van der Waals surface area contributed by atoms with Gasteiger partial charge >= 0.3 is 24.1 Å². The van der Waals surface area contributed by atoms with Crippen LogP contribution in [-0.4, -0.2) is 91.3 Å². The van der Waals surface area contributed by atoms with E-state index >= 15 is 0 Å². The summed E-state index contributed by atoms with van der Waals surface area (Å²) in [4.78, 5) is 61.6. The number of halogens is 1. The first-order valence-electron chi connectivity index (χ1n) is 11.6. The molecule has 1 aromatic rings. The van der Waals surface area contributed by atoms with Crippen molar-refractivity contribution in [2.24, 2.45) is 0 Å². The number of carboxylic acid groups (broad SMARTS) is 2. The number of aliphatic carboxylic acids is 2. The molecule has 0 unspecified atom stereocenters. The molecule has 0 spiro atoms. The van der Waals surface area contributed by atoms with Crippen LogP contribution in [0.5, 0.6) is 0 Å². The molecule has 0 bridgehead atoms. The van der Waals surface area contributed by atoms with E-state index in [1.54, 1.807) is 10.9 Å². The van der Waals surface area contributed by atoms with Gasteiger partial charge in [0.15, 0.2) is 6.04 Å². The summed E-state index contributed by atoms with van der Waals surface area (Å²) in [6.07, 6.45) is 4.82. The highest BCUT2D eigenvalue weighted by Crippen LogP contribution is 2.06.